The molecule has 0 unspecified atom stereocenters. The maximum atomic E-state index is 13.0. The average molecular weight is 338 g/mol. The summed E-state index contributed by atoms with van der Waals surface area (Å²) < 4.78 is 10.6. The number of hydrogen-bond acceptors (Lipinski definition) is 8. The van der Waals surface area contributed by atoms with Gasteiger partial charge in [-0.3, -0.25) is 4.79 Å². The zero-order chi connectivity index (χ0) is 17.7. The standard InChI is InChI=1S/C16H18O8/c1-14(22)5-15-10(18)7-3-6(23-2)4-8(17)9(7)11(19)16(15,24-15)13(21)12(14)20/h3-4,10,12-13,17-18,20-22H,5H2,1-2H3/t10-,12+,13-,14-,15-,16-/m0/s1. The zero-order valence-corrected chi connectivity index (χ0v) is 13.1. The lowest BCUT2D eigenvalue weighted by Crippen LogP contribution is -2.66. The quantitative estimate of drug-likeness (QED) is 0.411. The van der Waals surface area contributed by atoms with Crippen LogP contribution in [0.5, 0.6) is 11.5 Å². The molecular formula is C16H18O8. The van der Waals surface area contributed by atoms with Crippen LogP contribution in [0.1, 0.15) is 35.4 Å². The summed E-state index contributed by atoms with van der Waals surface area (Å²) in [7, 11) is 1.37. The van der Waals surface area contributed by atoms with E-state index in [0.717, 1.165) is 0 Å². The predicted octanol–water partition coefficient (Wildman–Crippen LogP) is -0.985. The normalized spacial score (nSPS) is 45.9. The van der Waals surface area contributed by atoms with Gasteiger partial charge >= 0.3 is 0 Å². The number of aliphatic hydroxyl groups excluding tert-OH is 3. The minimum absolute atomic E-state index is 0.101. The molecule has 5 N–H and O–H groups in total. The van der Waals surface area contributed by atoms with Crippen LogP contribution in [-0.2, 0) is 4.74 Å². The Morgan fingerprint density at radius 2 is 1.92 bits per heavy atom. The van der Waals surface area contributed by atoms with Crippen molar-refractivity contribution in [1.82, 2.24) is 0 Å². The van der Waals surface area contributed by atoms with Gasteiger partial charge < -0.3 is 35.0 Å². The van der Waals surface area contributed by atoms with E-state index in [2.05, 4.69) is 0 Å². The van der Waals surface area contributed by atoms with Crippen molar-refractivity contribution in [2.24, 2.45) is 0 Å². The van der Waals surface area contributed by atoms with Gasteiger partial charge in [-0.1, -0.05) is 0 Å². The van der Waals surface area contributed by atoms with Crippen molar-refractivity contribution in [3.05, 3.63) is 23.3 Å². The SMILES string of the molecule is COc1cc(O)c2c(c1)[C@H](O)[C@@]13C[C@](C)(O)[C@H](O)[C@H](O)[C@@]1(O3)C2=O. The number of phenols is 1. The second-order valence-electron chi connectivity index (χ2n) is 6.99. The summed E-state index contributed by atoms with van der Waals surface area (Å²) in [5, 5.41) is 51.9. The molecule has 1 aromatic rings. The number of ether oxygens (including phenoxy) is 2. The molecule has 1 aliphatic heterocycles. The Bertz CT molecular complexity index is 759. The van der Waals surface area contributed by atoms with Crippen molar-refractivity contribution >= 4 is 5.78 Å². The third-order valence-electron chi connectivity index (χ3n) is 5.56. The van der Waals surface area contributed by atoms with E-state index in [0.29, 0.717) is 0 Å². The fraction of sp³-hybridized carbons (Fsp3) is 0.562. The fourth-order valence-electron chi connectivity index (χ4n) is 4.31. The third kappa shape index (κ3) is 1.49. The van der Waals surface area contributed by atoms with Crippen LogP contribution in [0.15, 0.2) is 12.1 Å². The highest BCUT2D eigenvalue weighted by Gasteiger charge is 2.87. The van der Waals surface area contributed by atoms with Crippen LogP contribution in [-0.4, -0.2) is 67.4 Å². The molecule has 3 aliphatic rings. The number of ketones is 1. The Labute approximate surface area is 136 Å². The van der Waals surface area contributed by atoms with Gasteiger partial charge in [0.2, 0.25) is 5.78 Å². The smallest absolute Gasteiger partial charge is 0.204 e. The average Bonchev–Trinajstić information content (AvgIpc) is 3.21. The van der Waals surface area contributed by atoms with Gasteiger partial charge in [0.1, 0.15) is 35.4 Å². The number of carbonyl (C=O) groups is 1. The second kappa shape index (κ2) is 4.27. The maximum Gasteiger partial charge on any atom is 0.204 e. The molecule has 0 bridgehead atoms. The van der Waals surface area contributed by atoms with E-state index < -0.39 is 46.6 Å². The largest absolute Gasteiger partial charge is 0.507 e. The van der Waals surface area contributed by atoms with E-state index >= 15 is 0 Å². The fourth-order valence-corrected chi connectivity index (χ4v) is 4.31. The summed E-state index contributed by atoms with van der Waals surface area (Å²) in [6.45, 7) is 1.30. The lowest BCUT2D eigenvalue weighted by Gasteiger charge is -2.45. The monoisotopic (exact) mass is 338 g/mol. The molecule has 4 rings (SSSR count). The highest BCUT2D eigenvalue weighted by atomic mass is 16.7. The van der Waals surface area contributed by atoms with Crippen LogP contribution in [0.25, 0.3) is 0 Å². The van der Waals surface area contributed by atoms with Crippen molar-refractivity contribution in [3.8, 4) is 11.5 Å². The van der Waals surface area contributed by atoms with Gasteiger partial charge in [0, 0.05) is 18.1 Å². The highest BCUT2D eigenvalue weighted by molar-refractivity contribution is 6.11. The van der Waals surface area contributed by atoms with Crippen LogP contribution in [0.4, 0.5) is 0 Å². The summed E-state index contributed by atoms with van der Waals surface area (Å²) in [6.07, 6.45) is -5.01. The number of aromatic hydroxyl groups is 1. The topological polar surface area (TPSA) is 140 Å². The number of methoxy groups -OCH3 is 1. The van der Waals surface area contributed by atoms with Crippen molar-refractivity contribution < 1.29 is 39.8 Å². The van der Waals surface area contributed by atoms with Crippen LogP contribution in [0, 0.1) is 0 Å². The number of phenolic OH excluding ortho intramolecular Hbond substituents is 1. The summed E-state index contributed by atoms with van der Waals surface area (Å²) in [6, 6.07) is 2.63. The van der Waals surface area contributed by atoms with Crippen LogP contribution >= 0.6 is 0 Å². The number of fused-ring (bicyclic) bond motifs is 1. The predicted molar refractivity (Wildman–Crippen MR) is 77.8 cm³/mol. The maximum absolute atomic E-state index is 13.0. The number of epoxide rings is 1. The summed E-state index contributed by atoms with van der Waals surface area (Å²) in [5.41, 5.74) is -5.27. The molecule has 1 heterocycles. The molecule has 1 saturated carbocycles. The lowest BCUT2D eigenvalue weighted by atomic mass is 9.60. The van der Waals surface area contributed by atoms with Crippen LogP contribution < -0.4 is 4.74 Å². The number of rotatable bonds is 1. The van der Waals surface area contributed by atoms with Gasteiger partial charge in [-0.2, -0.15) is 0 Å². The Morgan fingerprint density at radius 1 is 1.25 bits per heavy atom. The number of hydrogen-bond donors (Lipinski definition) is 5. The summed E-state index contributed by atoms with van der Waals surface area (Å²) >= 11 is 0. The number of benzene rings is 1. The van der Waals surface area contributed by atoms with Gasteiger partial charge in [0.05, 0.1) is 18.3 Å². The lowest BCUT2D eigenvalue weighted by molar-refractivity contribution is -0.157. The van der Waals surface area contributed by atoms with E-state index in [9.17, 15) is 30.3 Å². The Balaban J connectivity index is 1.94. The molecular weight excluding hydrogens is 320 g/mol. The Kier molecular flexibility index (Phi) is 2.81. The second-order valence-corrected chi connectivity index (χ2v) is 6.99. The molecule has 0 amide bonds. The molecule has 130 valence electrons. The first-order chi connectivity index (χ1) is 11.1. The Hall–Kier alpha value is -1.71. The van der Waals surface area contributed by atoms with Crippen molar-refractivity contribution in [2.75, 3.05) is 7.11 Å². The van der Waals surface area contributed by atoms with Gasteiger partial charge in [-0.05, 0) is 13.0 Å². The van der Waals surface area contributed by atoms with Gasteiger partial charge in [0.25, 0.3) is 0 Å². The van der Waals surface area contributed by atoms with Crippen molar-refractivity contribution in [2.45, 2.75) is 48.5 Å². The summed E-state index contributed by atoms with van der Waals surface area (Å²) in [5.74, 6) is -0.901. The summed E-state index contributed by atoms with van der Waals surface area (Å²) in [4.78, 5) is 13.0. The Morgan fingerprint density at radius 3 is 2.54 bits per heavy atom. The van der Waals surface area contributed by atoms with E-state index in [1.165, 1.54) is 26.2 Å². The molecule has 1 saturated heterocycles. The number of carbonyl (C=O) groups excluding carboxylic acids is 1. The first-order valence-corrected chi connectivity index (χ1v) is 7.55. The van der Waals surface area contributed by atoms with Crippen molar-refractivity contribution in [3.63, 3.8) is 0 Å². The van der Waals surface area contributed by atoms with Gasteiger partial charge in [0.15, 0.2) is 5.60 Å². The molecule has 2 fully saturated rings. The first-order valence-electron chi connectivity index (χ1n) is 7.55. The molecule has 0 radical (unpaired) electrons. The van der Waals surface area contributed by atoms with E-state index in [1.54, 1.807) is 0 Å². The molecule has 0 spiro atoms. The molecule has 6 atom stereocenters. The minimum atomic E-state index is -1.88. The van der Waals surface area contributed by atoms with Gasteiger partial charge in [-0.15, -0.1) is 0 Å². The van der Waals surface area contributed by atoms with Crippen LogP contribution in [0.2, 0.25) is 0 Å². The third-order valence-corrected chi connectivity index (χ3v) is 5.56. The van der Waals surface area contributed by atoms with Gasteiger partial charge in [-0.25, -0.2) is 0 Å². The van der Waals surface area contributed by atoms with E-state index in [-0.39, 0.29) is 23.3 Å². The molecule has 1 aromatic carbocycles. The molecule has 24 heavy (non-hydrogen) atoms. The number of aliphatic hydroxyl groups is 4. The molecule has 2 aliphatic carbocycles. The minimum Gasteiger partial charge on any atom is -0.507 e. The first kappa shape index (κ1) is 15.8. The number of Topliss-reactive ketones (excluding diaryl/α,β-unsaturated/α-hetero) is 1. The highest BCUT2D eigenvalue weighted by Crippen LogP contribution is 2.69. The molecule has 8 heteroatoms. The molecule has 8 nitrogen and oxygen atoms in total. The zero-order valence-electron chi connectivity index (χ0n) is 13.1. The van der Waals surface area contributed by atoms with Crippen LogP contribution in [0.3, 0.4) is 0 Å². The van der Waals surface area contributed by atoms with E-state index in [1.807, 2.05) is 0 Å². The van der Waals surface area contributed by atoms with Crippen molar-refractivity contribution in [1.29, 1.82) is 0 Å². The molecule has 0 aromatic heterocycles. The van der Waals surface area contributed by atoms with E-state index in [4.69, 9.17) is 9.47 Å².